The highest BCUT2D eigenvalue weighted by Gasteiger charge is 2.06. The Labute approximate surface area is 152 Å². The number of aromatic nitrogens is 1. The summed E-state index contributed by atoms with van der Waals surface area (Å²) in [5.41, 5.74) is 0. The number of unbranched alkanes of at least 4 members (excludes halogenated alkanes) is 9. The molecule has 1 heterocycles. The SMILES string of the molecule is CCCCCCCCCCOC(=O)CCCCCn1c(O)ccc1O. The Hall–Kier alpha value is -1.65. The number of aromatic hydroxyl groups is 2. The van der Waals surface area contributed by atoms with Crippen molar-refractivity contribution in [2.24, 2.45) is 0 Å². The number of carbonyl (C=O) groups is 1. The maximum absolute atomic E-state index is 11.6. The Morgan fingerprint density at radius 3 is 2.08 bits per heavy atom. The van der Waals surface area contributed by atoms with Gasteiger partial charge in [-0.15, -0.1) is 0 Å². The van der Waals surface area contributed by atoms with Crippen molar-refractivity contribution in [2.75, 3.05) is 6.61 Å². The molecule has 1 aromatic heterocycles. The number of esters is 1. The maximum atomic E-state index is 11.6. The first-order chi connectivity index (χ1) is 12.1. The van der Waals surface area contributed by atoms with Crippen molar-refractivity contribution < 1.29 is 19.7 Å². The van der Waals surface area contributed by atoms with E-state index in [0.29, 0.717) is 19.6 Å². The van der Waals surface area contributed by atoms with E-state index >= 15 is 0 Å². The van der Waals surface area contributed by atoms with Gasteiger partial charge in [0.2, 0.25) is 0 Å². The van der Waals surface area contributed by atoms with Crippen LogP contribution in [-0.2, 0) is 16.1 Å². The van der Waals surface area contributed by atoms with Crippen LogP contribution in [0.4, 0.5) is 0 Å². The molecule has 144 valence electrons. The molecule has 0 aliphatic rings. The van der Waals surface area contributed by atoms with Gasteiger partial charge in [0.25, 0.3) is 0 Å². The number of ether oxygens (including phenoxy) is 1. The number of carbonyl (C=O) groups excluding carboxylic acids is 1. The number of hydrogen-bond acceptors (Lipinski definition) is 4. The molecule has 1 aromatic rings. The summed E-state index contributed by atoms with van der Waals surface area (Å²) in [6, 6.07) is 2.94. The summed E-state index contributed by atoms with van der Waals surface area (Å²) >= 11 is 0. The molecular weight excluding hydrogens is 318 g/mol. The van der Waals surface area contributed by atoms with Crippen molar-refractivity contribution in [1.82, 2.24) is 4.57 Å². The lowest BCUT2D eigenvalue weighted by Gasteiger charge is -2.07. The third-order valence-corrected chi connectivity index (χ3v) is 4.46. The van der Waals surface area contributed by atoms with Gasteiger partial charge in [-0.05, 0) is 19.3 Å². The van der Waals surface area contributed by atoms with Crippen LogP contribution < -0.4 is 0 Å². The zero-order valence-electron chi connectivity index (χ0n) is 15.7. The molecule has 0 aromatic carbocycles. The monoisotopic (exact) mass is 353 g/mol. The van der Waals surface area contributed by atoms with Gasteiger partial charge in [-0.3, -0.25) is 9.36 Å². The van der Waals surface area contributed by atoms with E-state index in [-0.39, 0.29) is 17.7 Å². The van der Waals surface area contributed by atoms with Crippen LogP contribution in [0.1, 0.15) is 84.0 Å². The molecule has 0 aliphatic heterocycles. The predicted molar refractivity (Wildman–Crippen MR) is 99.8 cm³/mol. The van der Waals surface area contributed by atoms with E-state index in [4.69, 9.17) is 4.74 Å². The Bertz CT molecular complexity index is 451. The fourth-order valence-electron chi connectivity index (χ4n) is 2.89. The van der Waals surface area contributed by atoms with E-state index in [1.807, 2.05) is 0 Å². The van der Waals surface area contributed by atoms with Crippen LogP contribution >= 0.6 is 0 Å². The molecule has 0 aliphatic carbocycles. The van der Waals surface area contributed by atoms with E-state index in [9.17, 15) is 15.0 Å². The highest BCUT2D eigenvalue weighted by atomic mass is 16.5. The maximum Gasteiger partial charge on any atom is 0.305 e. The molecule has 1 rings (SSSR count). The second-order valence-electron chi connectivity index (χ2n) is 6.71. The number of nitrogens with zero attached hydrogens (tertiary/aromatic N) is 1. The van der Waals surface area contributed by atoms with E-state index in [2.05, 4.69) is 6.92 Å². The van der Waals surface area contributed by atoms with Gasteiger partial charge in [-0.25, -0.2) is 0 Å². The lowest BCUT2D eigenvalue weighted by atomic mass is 10.1. The third kappa shape index (κ3) is 10.0. The molecule has 0 saturated carbocycles. The molecular formula is C20H35NO4. The zero-order chi connectivity index (χ0) is 18.3. The van der Waals surface area contributed by atoms with Gasteiger partial charge >= 0.3 is 5.97 Å². The van der Waals surface area contributed by atoms with Gasteiger partial charge in [-0.2, -0.15) is 0 Å². The van der Waals surface area contributed by atoms with Gasteiger partial charge in [-0.1, -0.05) is 58.3 Å². The second kappa shape index (κ2) is 13.6. The van der Waals surface area contributed by atoms with Crippen LogP contribution in [0, 0.1) is 0 Å². The first kappa shape index (κ1) is 21.4. The van der Waals surface area contributed by atoms with Crippen molar-refractivity contribution in [2.45, 2.75) is 90.5 Å². The van der Waals surface area contributed by atoms with Crippen molar-refractivity contribution in [3.05, 3.63) is 12.1 Å². The minimum absolute atomic E-state index is 0.0715. The van der Waals surface area contributed by atoms with Crippen LogP contribution in [-0.4, -0.2) is 27.4 Å². The molecule has 2 N–H and O–H groups in total. The molecule has 0 unspecified atom stereocenters. The standard InChI is InChI=1S/C20H35NO4/c1-2-3-4-5-6-7-8-12-17-25-20(24)13-10-9-11-16-21-18(22)14-15-19(21)23/h14-15,22-23H,2-13,16-17H2,1H3. The van der Waals surface area contributed by atoms with Gasteiger partial charge in [0.05, 0.1) is 6.61 Å². The largest absolute Gasteiger partial charge is 0.494 e. The Morgan fingerprint density at radius 1 is 0.880 bits per heavy atom. The van der Waals surface area contributed by atoms with Crippen LogP contribution in [0.2, 0.25) is 0 Å². The summed E-state index contributed by atoms with van der Waals surface area (Å²) < 4.78 is 6.71. The lowest BCUT2D eigenvalue weighted by molar-refractivity contribution is -0.143. The second-order valence-corrected chi connectivity index (χ2v) is 6.71. The normalized spacial score (nSPS) is 10.9. The first-order valence-corrected chi connectivity index (χ1v) is 9.88. The molecule has 5 nitrogen and oxygen atoms in total. The molecule has 0 atom stereocenters. The highest BCUT2D eigenvalue weighted by molar-refractivity contribution is 5.69. The molecule has 0 saturated heterocycles. The van der Waals surface area contributed by atoms with Gasteiger partial charge in [0.1, 0.15) is 0 Å². The fraction of sp³-hybridized carbons (Fsp3) is 0.750. The van der Waals surface area contributed by atoms with E-state index in [1.54, 1.807) is 0 Å². The Kier molecular flexibility index (Phi) is 11.7. The summed E-state index contributed by atoms with van der Waals surface area (Å²) in [5, 5.41) is 19.0. The van der Waals surface area contributed by atoms with Crippen LogP contribution in [0.15, 0.2) is 12.1 Å². The van der Waals surface area contributed by atoms with Crippen LogP contribution in [0.3, 0.4) is 0 Å². The van der Waals surface area contributed by atoms with Gasteiger partial charge < -0.3 is 14.9 Å². The fourth-order valence-corrected chi connectivity index (χ4v) is 2.89. The molecule has 0 amide bonds. The summed E-state index contributed by atoms with van der Waals surface area (Å²) in [5.74, 6) is 0.0270. The molecule has 0 radical (unpaired) electrons. The average Bonchev–Trinajstić information content (AvgIpc) is 2.91. The summed E-state index contributed by atoms with van der Waals surface area (Å²) in [6.45, 7) is 3.32. The lowest BCUT2D eigenvalue weighted by Crippen LogP contribution is -2.06. The van der Waals surface area contributed by atoms with Gasteiger partial charge in [0, 0.05) is 25.1 Å². The molecule has 0 bridgehead atoms. The summed E-state index contributed by atoms with van der Waals surface area (Å²) in [6.07, 6.45) is 12.8. The smallest absolute Gasteiger partial charge is 0.305 e. The number of hydrogen-bond donors (Lipinski definition) is 2. The quantitative estimate of drug-likeness (QED) is 0.338. The summed E-state index contributed by atoms with van der Waals surface area (Å²) in [4.78, 5) is 11.6. The van der Waals surface area contributed by atoms with Crippen molar-refractivity contribution in [3.63, 3.8) is 0 Å². The van der Waals surface area contributed by atoms with E-state index < -0.39 is 0 Å². The Morgan fingerprint density at radius 2 is 1.44 bits per heavy atom. The number of rotatable bonds is 15. The van der Waals surface area contributed by atoms with Gasteiger partial charge in [0.15, 0.2) is 11.8 Å². The van der Waals surface area contributed by atoms with Crippen molar-refractivity contribution in [1.29, 1.82) is 0 Å². The Balaban J connectivity index is 1.89. The van der Waals surface area contributed by atoms with E-state index in [1.165, 1.54) is 55.2 Å². The van der Waals surface area contributed by atoms with Crippen molar-refractivity contribution >= 4 is 5.97 Å². The molecule has 25 heavy (non-hydrogen) atoms. The third-order valence-electron chi connectivity index (χ3n) is 4.46. The molecule has 0 spiro atoms. The topological polar surface area (TPSA) is 71.7 Å². The minimum Gasteiger partial charge on any atom is -0.494 e. The minimum atomic E-state index is -0.116. The van der Waals surface area contributed by atoms with Crippen molar-refractivity contribution in [3.8, 4) is 11.8 Å². The first-order valence-electron chi connectivity index (χ1n) is 9.88. The molecule has 5 heteroatoms. The predicted octanol–water partition coefficient (Wildman–Crippen LogP) is 5.14. The highest BCUT2D eigenvalue weighted by Crippen LogP contribution is 2.21. The van der Waals surface area contributed by atoms with Crippen LogP contribution in [0.5, 0.6) is 11.8 Å². The van der Waals surface area contributed by atoms with E-state index in [0.717, 1.165) is 32.1 Å². The van der Waals surface area contributed by atoms with Crippen LogP contribution in [0.25, 0.3) is 0 Å². The summed E-state index contributed by atoms with van der Waals surface area (Å²) in [7, 11) is 0. The molecule has 0 fully saturated rings. The zero-order valence-corrected chi connectivity index (χ0v) is 15.7. The average molecular weight is 354 g/mol.